The SMILES string of the molecule is C[C@@H](Oc1ccc(Br)cc1)C(=O)Nc1ccc(-c2nccs2)cc1. The van der Waals surface area contributed by atoms with Crippen molar-refractivity contribution in [1.29, 1.82) is 0 Å². The average molecular weight is 403 g/mol. The van der Waals surface area contributed by atoms with Crippen molar-refractivity contribution in [3.05, 3.63) is 64.6 Å². The van der Waals surface area contributed by atoms with E-state index in [2.05, 4.69) is 26.2 Å². The van der Waals surface area contributed by atoms with E-state index in [-0.39, 0.29) is 5.91 Å². The first kappa shape index (κ1) is 16.7. The van der Waals surface area contributed by atoms with Crippen molar-refractivity contribution in [2.75, 3.05) is 5.32 Å². The van der Waals surface area contributed by atoms with Gasteiger partial charge in [-0.05, 0) is 55.5 Å². The van der Waals surface area contributed by atoms with Gasteiger partial charge >= 0.3 is 0 Å². The van der Waals surface area contributed by atoms with Gasteiger partial charge < -0.3 is 10.1 Å². The van der Waals surface area contributed by atoms with Crippen LogP contribution in [0, 0.1) is 0 Å². The average Bonchev–Trinajstić information content (AvgIpc) is 3.12. The number of nitrogens with zero attached hydrogens (tertiary/aromatic N) is 1. The van der Waals surface area contributed by atoms with Crippen LogP contribution in [0.15, 0.2) is 64.6 Å². The molecule has 0 bridgehead atoms. The zero-order valence-corrected chi connectivity index (χ0v) is 15.3. The van der Waals surface area contributed by atoms with Gasteiger partial charge in [0.15, 0.2) is 6.10 Å². The van der Waals surface area contributed by atoms with Gasteiger partial charge in [-0.1, -0.05) is 15.9 Å². The Balaban J connectivity index is 1.60. The van der Waals surface area contributed by atoms with Gasteiger partial charge in [0.05, 0.1) is 0 Å². The molecule has 1 heterocycles. The number of aromatic nitrogens is 1. The molecule has 3 aromatic rings. The Morgan fingerprint density at radius 2 is 1.88 bits per heavy atom. The molecular formula is C18H15BrN2O2S. The lowest BCUT2D eigenvalue weighted by molar-refractivity contribution is -0.122. The van der Waals surface area contributed by atoms with Crippen LogP contribution >= 0.6 is 27.3 Å². The van der Waals surface area contributed by atoms with Crippen LogP contribution < -0.4 is 10.1 Å². The van der Waals surface area contributed by atoms with Gasteiger partial charge in [0, 0.05) is 27.3 Å². The second-order valence-corrected chi connectivity index (χ2v) is 6.93. The predicted octanol–water partition coefficient (Wildman–Crippen LogP) is 4.98. The Labute approximate surface area is 152 Å². The molecule has 1 atom stereocenters. The molecule has 0 saturated carbocycles. The van der Waals surface area contributed by atoms with Crippen molar-refractivity contribution >= 4 is 38.9 Å². The number of thiazole rings is 1. The van der Waals surface area contributed by atoms with E-state index in [1.807, 2.05) is 53.9 Å². The fourth-order valence-corrected chi connectivity index (χ4v) is 2.99. The number of rotatable bonds is 5. The molecule has 0 saturated heterocycles. The number of carbonyl (C=O) groups is 1. The molecule has 4 nitrogen and oxygen atoms in total. The number of carbonyl (C=O) groups excluding carboxylic acids is 1. The molecule has 0 spiro atoms. The number of nitrogens with one attached hydrogen (secondary N) is 1. The molecule has 0 unspecified atom stereocenters. The van der Waals surface area contributed by atoms with Gasteiger partial charge in [-0.15, -0.1) is 11.3 Å². The van der Waals surface area contributed by atoms with Crippen molar-refractivity contribution in [3.8, 4) is 16.3 Å². The Hall–Kier alpha value is -2.18. The fraction of sp³-hybridized carbons (Fsp3) is 0.111. The van der Waals surface area contributed by atoms with Crippen LogP contribution in [-0.4, -0.2) is 17.0 Å². The normalized spacial score (nSPS) is 11.8. The number of ether oxygens (including phenoxy) is 1. The fourth-order valence-electron chi connectivity index (χ4n) is 2.08. The molecule has 1 aromatic heterocycles. The molecule has 0 aliphatic heterocycles. The van der Waals surface area contributed by atoms with Gasteiger partial charge in [-0.3, -0.25) is 4.79 Å². The highest BCUT2D eigenvalue weighted by Crippen LogP contribution is 2.23. The van der Waals surface area contributed by atoms with Crippen LogP contribution in [-0.2, 0) is 4.79 Å². The summed E-state index contributed by atoms with van der Waals surface area (Å²) >= 11 is 4.95. The topological polar surface area (TPSA) is 51.2 Å². The lowest BCUT2D eigenvalue weighted by atomic mass is 10.2. The molecule has 122 valence electrons. The monoisotopic (exact) mass is 402 g/mol. The van der Waals surface area contributed by atoms with Crippen LogP contribution in [0.5, 0.6) is 5.75 Å². The lowest BCUT2D eigenvalue weighted by Crippen LogP contribution is -2.30. The van der Waals surface area contributed by atoms with E-state index in [1.165, 1.54) is 0 Å². The first-order valence-corrected chi connectivity index (χ1v) is 9.02. The maximum absolute atomic E-state index is 12.2. The first-order valence-electron chi connectivity index (χ1n) is 7.35. The quantitative estimate of drug-likeness (QED) is 0.654. The number of amides is 1. The van der Waals surface area contributed by atoms with E-state index in [1.54, 1.807) is 24.5 Å². The highest BCUT2D eigenvalue weighted by atomic mass is 79.9. The van der Waals surface area contributed by atoms with E-state index in [0.717, 1.165) is 20.7 Å². The number of benzene rings is 2. The zero-order valence-electron chi connectivity index (χ0n) is 12.9. The minimum absolute atomic E-state index is 0.195. The van der Waals surface area contributed by atoms with Gasteiger partial charge in [-0.25, -0.2) is 4.98 Å². The molecule has 1 amide bonds. The van der Waals surface area contributed by atoms with Crippen molar-refractivity contribution in [2.24, 2.45) is 0 Å². The van der Waals surface area contributed by atoms with E-state index < -0.39 is 6.10 Å². The summed E-state index contributed by atoms with van der Waals surface area (Å²) < 4.78 is 6.61. The van der Waals surface area contributed by atoms with E-state index in [9.17, 15) is 4.79 Å². The van der Waals surface area contributed by atoms with Crippen molar-refractivity contribution in [2.45, 2.75) is 13.0 Å². The predicted molar refractivity (Wildman–Crippen MR) is 100 cm³/mol. The van der Waals surface area contributed by atoms with Crippen LogP contribution in [0.4, 0.5) is 5.69 Å². The summed E-state index contributed by atoms with van der Waals surface area (Å²) in [5.74, 6) is 0.458. The smallest absolute Gasteiger partial charge is 0.265 e. The number of halogens is 1. The number of anilines is 1. The third-order valence-electron chi connectivity index (χ3n) is 3.33. The molecule has 6 heteroatoms. The van der Waals surface area contributed by atoms with Gasteiger partial charge in [-0.2, -0.15) is 0 Å². The molecular weight excluding hydrogens is 388 g/mol. The molecule has 1 N–H and O–H groups in total. The van der Waals surface area contributed by atoms with Crippen molar-refractivity contribution < 1.29 is 9.53 Å². The summed E-state index contributed by atoms with van der Waals surface area (Å²) in [6.45, 7) is 1.72. The van der Waals surface area contributed by atoms with Gasteiger partial charge in [0.25, 0.3) is 5.91 Å². The summed E-state index contributed by atoms with van der Waals surface area (Å²) in [6, 6.07) is 15.0. The summed E-state index contributed by atoms with van der Waals surface area (Å²) in [7, 11) is 0. The Morgan fingerprint density at radius 3 is 2.50 bits per heavy atom. The second-order valence-electron chi connectivity index (χ2n) is 5.12. The maximum atomic E-state index is 12.2. The van der Waals surface area contributed by atoms with Crippen LogP contribution in [0.3, 0.4) is 0 Å². The highest BCUT2D eigenvalue weighted by Gasteiger charge is 2.15. The molecule has 2 aromatic carbocycles. The van der Waals surface area contributed by atoms with Gasteiger partial charge in [0.1, 0.15) is 10.8 Å². The molecule has 24 heavy (non-hydrogen) atoms. The van der Waals surface area contributed by atoms with Crippen LogP contribution in [0.25, 0.3) is 10.6 Å². The summed E-state index contributed by atoms with van der Waals surface area (Å²) in [6.07, 6.45) is 1.18. The lowest BCUT2D eigenvalue weighted by Gasteiger charge is -2.15. The summed E-state index contributed by atoms with van der Waals surface area (Å²) in [5, 5.41) is 5.75. The minimum atomic E-state index is -0.593. The minimum Gasteiger partial charge on any atom is -0.481 e. The Morgan fingerprint density at radius 1 is 1.17 bits per heavy atom. The van der Waals surface area contributed by atoms with Crippen molar-refractivity contribution in [1.82, 2.24) is 4.98 Å². The van der Waals surface area contributed by atoms with Crippen LogP contribution in [0.1, 0.15) is 6.92 Å². The molecule has 0 aliphatic rings. The molecule has 0 fully saturated rings. The van der Waals surface area contributed by atoms with E-state index in [0.29, 0.717) is 5.75 Å². The summed E-state index contributed by atoms with van der Waals surface area (Å²) in [5.41, 5.74) is 1.76. The maximum Gasteiger partial charge on any atom is 0.265 e. The first-order chi connectivity index (χ1) is 11.6. The van der Waals surface area contributed by atoms with Gasteiger partial charge in [0.2, 0.25) is 0 Å². The summed E-state index contributed by atoms with van der Waals surface area (Å²) in [4.78, 5) is 16.5. The third-order valence-corrected chi connectivity index (χ3v) is 4.68. The second kappa shape index (κ2) is 7.59. The van der Waals surface area contributed by atoms with Crippen LogP contribution in [0.2, 0.25) is 0 Å². The standard InChI is InChI=1S/C18H15BrN2O2S/c1-12(23-16-8-4-14(19)5-9-16)17(22)21-15-6-2-13(3-7-15)18-20-10-11-24-18/h2-12H,1H3,(H,21,22)/t12-/m1/s1. The van der Waals surface area contributed by atoms with E-state index in [4.69, 9.17) is 4.74 Å². The Bertz CT molecular complexity index is 802. The Kier molecular flexibility index (Phi) is 5.27. The van der Waals surface area contributed by atoms with E-state index >= 15 is 0 Å². The third kappa shape index (κ3) is 4.21. The highest BCUT2D eigenvalue weighted by molar-refractivity contribution is 9.10. The number of hydrogen-bond acceptors (Lipinski definition) is 4. The van der Waals surface area contributed by atoms with Crippen molar-refractivity contribution in [3.63, 3.8) is 0 Å². The molecule has 0 radical (unpaired) electrons. The largest absolute Gasteiger partial charge is 0.481 e. The molecule has 3 rings (SSSR count). The number of hydrogen-bond donors (Lipinski definition) is 1. The zero-order chi connectivity index (χ0) is 16.9. The molecule has 0 aliphatic carbocycles.